The molecule has 4 heteroatoms. The topological polar surface area (TPSA) is 40.5 Å². The van der Waals surface area contributed by atoms with Crippen molar-refractivity contribution in [1.82, 2.24) is 0 Å². The summed E-state index contributed by atoms with van der Waals surface area (Å²) in [6.45, 7) is 0. The second-order valence-electron chi connectivity index (χ2n) is 8.77. The Kier molecular flexibility index (Phi) is 5.42. The fourth-order valence-electron chi connectivity index (χ4n) is 4.76. The smallest absolute Gasteiger partial charge is 0.423 e. The molecule has 0 saturated carbocycles. The van der Waals surface area contributed by atoms with Crippen LogP contribution in [-0.4, -0.2) is 17.2 Å². The quantitative estimate of drug-likeness (QED) is 0.291. The van der Waals surface area contributed by atoms with Gasteiger partial charge in [0.2, 0.25) is 0 Å². The van der Waals surface area contributed by atoms with Gasteiger partial charge in [0, 0.05) is 14.8 Å². The molecule has 0 atom stereocenters. The Balaban J connectivity index is 1.54. The van der Waals surface area contributed by atoms with E-state index in [4.69, 9.17) is 0 Å². The van der Waals surface area contributed by atoms with Gasteiger partial charge in [0.25, 0.3) is 0 Å². The van der Waals surface area contributed by atoms with Crippen molar-refractivity contribution < 1.29 is 10.0 Å². The molecule has 0 amide bonds. The van der Waals surface area contributed by atoms with E-state index in [9.17, 15) is 10.0 Å². The van der Waals surface area contributed by atoms with Crippen molar-refractivity contribution in [2.24, 2.45) is 0 Å². The van der Waals surface area contributed by atoms with Gasteiger partial charge >= 0.3 is 7.12 Å². The second kappa shape index (κ2) is 8.73. The predicted octanol–water partition coefficient (Wildman–Crippen LogP) is 6.80. The molecule has 1 aromatic heterocycles. The van der Waals surface area contributed by atoms with Gasteiger partial charge in [-0.2, -0.15) is 0 Å². The summed E-state index contributed by atoms with van der Waals surface area (Å²) in [5.74, 6) is 0. The SMILES string of the molecule is OB(O)c1ccc2sc3ccc(-c4cc(C5=CC=CCC5)cc(-c5ccccc5)c4)cc3c2c1. The lowest BCUT2D eigenvalue weighted by molar-refractivity contribution is 0.426. The number of allylic oxidation sites excluding steroid dienone is 4. The maximum Gasteiger partial charge on any atom is 0.488 e. The molecule has 0 radical (unpaired) electrons. The Hall–Kier alpha value is -3.44. The zero-order valence-electron chi connectivity index (χ0n) is 18.6. The molecule has 34 heavy (non-hydrogen) atoms. The molecule has 1 aliphatic rings. The lowest BCUT2D eigenvalue weighted by Gasteiger charge is -2.14. The van der Waals surface area contributed by atoms with Crippen LogP contribution in [0.25, 0.3) is 48.0 Å². The summed E-state index contributed by atoms with van der Waals surface area (Å²) in [5.41, 5.74) is 7.92. The lowest BCUT2D eigenvalue weighted by Crippen LogP contribution is -2.29. The molecule has 5 aromatic rings. The Morgan fingerprint density at radius 3 is 2.09 bits per heavy atom. The molecular formula is C30H23BO2S. The highest BCUT2D eigenvalue weighted by atomic mass is 32.1. The van der Waals surface area contributed by atoms with Gasteiger partial charge in [0.1, 0.15) is 0 Å². The highest BCUT2D eigenvalue weighted by Gasteiger charge is 2.15. The number of hydrogen-bond donors (Lipinski definition) is 2. The van der Waals surface area contributed by atoms with Crippen molar-refractivity contribution in [3.8, 4) is 22.3 Å². The molecule has 0 saturated heterocycles. The van der Waals surface area contributed by atoms with Gasteiger partial charge in [0.15, 0.2) is 0 Å². The summed E-state index contributed by atoms with van der Waals surface area (Å²) in [4.78, 5) is 0. The highest BCUT2D eigenvalue weighted by Crippen LogP contribution is 2.38. The van der Waals surface area contributed by atoms with E-state index < -0.39 is 7.12 Å². The Morgan fingerprint density at radius 1 is 0.647 bits per heavy atom. The summed E-state index contributed by atoms with van der Waals surface area (Å²) in [6.07, 6.45) is 8.73. The van der Waals surface area contributed by atoms with Crippen LogP contribution < -0.4 is 5.46 Å². The van der Waals surface area contributed by atoms with Crippen LogP contribution in [0.5, 0.6) is 0 Å². The van der Waals surface area contributed by atoms with E-state index in [0.717, 1.165) is 33.9 Å². The van der Waals surface area contributed by atoms with Crippen molar-refractivity contribution in [1.29, 1.82) is 0 Å². The van der Waals surface area contributed by atoms with Gasteiger partial charge in [-0.3, -0.25) is 0 Å². The van der Waals surface area contributed by atoms with E-state index in [0.29, 0.717) is 5.46 Å². The van der Waals surface area contributed by atoms with Gasteiger partial charge in [-0.15, -0.1) is 11.3 Å². The van der Waals surface area contributed by atoms with E-state index in [1.54, 1.807) is 17.4 Å². The van der Waals surface area contributed by atoms with Crippen molar-refractivity contribution in [3.05, 3.63) is 109 Å². The summed E-state index contributed by atoms with van der Waals surface area (Å²) >= 11 is 1.73. The van der Waals surface area contributed by atoms with Crippen LogP contribution >= 0.6 is 11.3 Å². The first-order valence-corrected chi connectivity index (χ1v) is 12.4. The van der Waals surface area contributed by atoms with E-state index in [-0.39, 0.29) is 0 Å². The summed E-state index contributed by atoms with van der Waals surface area (Å²) in [7, 11) is -1.47. The molecule has 2 nitrogen and oxygen atoms in total. The zero-order valence-corrected chi connectivity index (χ0v) is 19.4. The van der Waals surface area contributed by atoms with Crippen molar-refractivity contribution in [2.75, 3.05) is 0 Å². The van der Waals surface area contributed by atoms with Crippen LogP contribution in [-0.2, 0) is 0 Å². The third-order valence-corrected chi connectivity index (χ3v) is 7.70. The molecule has 6 rings (SSSR count). The average molecular weight is 458 g/mol. The largest absolute Gasteiger partial charge is 0.488 e. The molecular weight excluding hydrogens is 435 g/mol. The highest BCUT2D eigenvalue weighted by molar-refractivity contribution is 7.25. The van der Waals surface area contributed by atoms with Crippen LogP contribution in [0.2, 0.25) is 0 Å². The molecule has 164 valence electrons. The van der Waals surface area contributed by atoms with Gasteiger partial charge in [-0.1, -0.05) is 66.8 Å². The van der Waals surface area contributed by atoms with Gasteiger partial charge < -0.3 is 10.0 Å². The number of fused-ring (bicyclic) bond motifs is 3. The van der Waals surface area contributed by atoms with E-state index >= 15 is 0 Å². The first kappa shape index (κ1) is 21.1. The van der Waals surface area contributed by atoms with E-state index in [1.165, 1.54) is 32.5 Å². The van der Waals surface area contributed by atoms with Gasteiger partial charge in [-0.25, -0.2) is 0 Å². The van der Waals surface area contributed by atoms with Crippen LogP contribution in [0, 0.1) is 0 Å². The molecule has 2 N–H and O–H groups in total. The fourth-order valence-corrected chi connectivity index (χ4v) is 5.82. The van der Waals surface area contributed by atoms with Crippen molar-refractivity contribution >= 4 is 49.7 Å². The summed E-state index contributed by atoms with van der Waals surface area (Å²) in [6, 6.07) is 29.7. The maximum atomic E-state index is 9.67. The van der Waals surface area contributed by atoms with Gasteiger partial charge in [-0.05, 0) is 93.5 Å². The van der Waals surface area contributed by atoms with Gasteiger partial charge in [0.05, 0.1) is 0 Å². The number of rotatable bonds is 4. The number of hydrogen-bond acceptors (Lipinski definition) is 3. The first-order chi connectivity index (χ1) is 16.7. The third-order valence-electron chi connectivity index (χ3n) is 6.55. The van der Waals surface area contributed by atoms with Crippen LogP contribution in [0.1, 0.15) is 18.4 Å². The molecule has 0 unspecified atom stereocenters. The fraction of sp³-hybridized carbons (Fsp3) is 0.0667. The minimum atomic E-state index is -1.47. The van der Waals surface area contributed by atoms with E-state index in [2.05, 4.69) is 85.0 Å². The number of thiophene rings is 1. The van der Waals surface area contributed by atoms with Crippen molar-refractivity contribution in [2.45, 2.75) is 12.8 Å². The molecule has 0 fully saturated rings. The minimum Gasteiger partial charge on any atom is -0.423 e. The Labute approximate surface area is 203 Å². The van der Waals surface area contributed by atoms with E-state index in [1.807, 2.05) is 12.1 Å². The summed E-state index contributed by atoms with van der Waals surface area (Å²) in [5, 5.41) is 21.5. The third kappa shape index (κ3) is 3.90. The summed E-state index contributed by atoms with van der Waals surface area (Å²) < 4.78 is 2.34. The standard InChI is InChI=1S/C30H23BO2S/c32-31(33)26-12-14-30-28(19-26)27-18-22(11-13-29(27)34-30)25-16-23(20-7-3-1-4-8-20)15-24(17-25)21-9-5-2-6-10-21/h1-5,7-9,11-19,32-33H,6,10H2. The van der Waals surface area contributed by atoms with Crippen molar-refractivity contribution in [3.63, 3.8) is 0 Å². The molecule has 4 aromatic carbocycles. The lowest BCUT2D eigenvalue weighted by atomic mass is 9.80. The zero-order chi connectivity index (χ0) is 23.1. The second-order valence-corrected chi connectivity index (χ2v) is 9.85. The molecule has 0 spiro atoms. The van der Waals surface area contributed by atoms with Crippen LogP contribution in [0.3, 0.4) is 0 Å². The Morgan fingerprint density at radius 2 is 1.35 bits per heavy atom. The minimum absolute atomic E-state index is 0.517. The maximum absolute atomic E-state index is 9.67. The molecule has 1 heterocycles. The number of benzene rings is 4. The van der Waals surface area contributed by atoms with Crippen LogP contribution in [0.4, 0.5) is 0 Å². The van der Waals surface area contributed by atoms with Crippen LogP contribution in [0.15, 0.2) is 103 Å². The first-order valence-electron chi connectivity index (χ1n) is 11.5. The Bertz CT molecular complexity index is 1580. The predicted molar refractivity (Wildman–Crippen MR) is 146 cm³/mol. The monoisotopic (exact) mass is 458 g/mol. The normalized spacial score (nSPS) is 13.4. The average Bonchev–Trinajstić information content (AvgIpc) is 3.26. The molecule has 0 bridgehead atoms. The molecule has 0 aliphatic heterocycles. The molecule has 1 aliphatic carbocycles.